The highest BCUT2D eigenvalue weighted by molar-refractivity contribution is 7.91. The summed E-state index contributed by atoms with van der Waals surface area (Å²) in [5, 5.41) is 2.71. The van der Waals surface area contributed by atoms with E-state index >= 15 is 0 Å². The molecule has 5 nitrogen and oxygen atoms in total. The number of benzene rings is 2. The Morgan fingerprint density at radius 2 is 1.77 bits per heavy atom. The minimum Gasteiger partial charge on any atom is -0.406 e. The highest BCUT2D eigenvalue weighted by Gasteiger charge is 2.31. The van der Waals surface area contributed by atoms with Crippen molar-refractivity contribution in [1.82, 2.24) is 0 Å². The molecule has 26 heavy (non-hydrogen) atoms. The fourth-order valence-electron chi connectivity index (χ4n) is 1.98. The standard InChI is InChI=1S/C16H13ClF3NO4S/c17-11-4-6-14(7-5-11)26(23,24)9-8-15(22)21-12-2-1-3-13(10-12)25-16(18,19)20/h1-7,10H,8-9H2,(H,21,22). The van der Waals surface area contributed by atoms with E-state index in [1.807, 2.05) is 0 Å². The Kier molecular flexibility index (Phi) is 6.14. The van der Waals surface area contributed by atoms with Crippen LogP contribution in [0.4, 0.5) is 18.9 Å². The van der Waals surface area contributed by atoms with Crippen LogP contribution in [-0.4, -0.2) is 26.4 Å². The third kappa shape index (κ3) is 6.23. The topological polar surface area (TPSA) is 72.5 Å². The molecule has 0 unspecified atom stereocenters. The van der Waals surface area contributed by atoms with Crippen LogP contribution in [0.5, 0.6) is 5.75 Å². The molecule has 0 bridgehead atoms. The molecule has 0 spiro atoms. The molecule has 0 aliphatic heterocycles. The van der Waals surface area contributed by atoms with E-state index in [1.54, 1.807) is 0 Å². The van der Waals surface area contributed by atoms with Crippen molar-refractivity contribution in [3.05, 3.63) is 53.6 Å². The Labute approximate surface area is 152 Å². The molecule has 1 amide bonds. The first-order valence-electron chi connectivity index (χ1n) is 7.19. The maximum atomic E-state index is 12.2. The van der Waals surface area contributed by atoms with Crippen LogP contribution in [-0.2, 0) is 14.6 Å². The minimum absolute atomic E-state index is 0.0234. The molecule has 140 valence electrons. The predicted octanol–water partition coefficient (Wildman–Crippen LogP) is 4.04. The minimum atomic E-state index is -4.85. The van der Waals surface area contributed by atoms with Crippen LogP contribution < -0.4 is 10.1 Å². The van der Waals surface area contributed by atoms with Crippen molar-refractivity contribution in [1.29, 1.82) is 0 Å². The number of sulfone groups is 1. The lowest BCUT2D eigenvalue weighted by molar-refractivity contribution is -0.274. The molecule has 10 heteroatoms. The molecule has 2 rings (SSSR count). The van der Waals surface area contributed by atoms with Crippen molar-refractivity contribution in [2.75, 3.05) is 11.1 Å². The molecule has 2 aromatic rings. The quantitative estimate of drug-likeness (QED) is 0.784. The van der Waals surface area contributed by atoms with Gasteiger partial charge in [-0.15, -0.1) is 13.2 Å². The molecular formula is C16H13ClF3NO4S. The average molecular weight is 408 g/mol. The highest BCUT2D eigenvalue weighted by atomic mass is 35.5. The number of carbonyl (C=O) groups excluding carboxylic acids is 1. The lowest BCUT2D eigenvalue weighted by atomic mass is 10.3. The molecule has 0 aliphatic rings. The second kappa shape index (κ2) is 7.96. The zero-order chi connectivity index (χ0) is 19.4. The predicted molar refractivity (Wildman–Crippen MR) is 89.9 cm³/mol. The molecule has 0 saturated carbocycles. The molecule has 2 aromatic carbocycles. The van der Waals surface area contributed by atoms with Crippen LogP contribution in [0, 0.1) is 0 Å². The van der Waals surface area contributed by atoms with Crippen LogP contribution in [0.2, 0.25) is 5.02 Å². The van der Waals surface area contributed by atoms with E-state index in [1.165, 1.54) is 36.4 Å². The number of nitrogens with one attached hydrogen (secondary N) is 1. The Morgan fingerprint density at radius 3 is 2.38 bits per heavy atom. The summed E-state index contributed by atoms with van der Waals surface area (Å²) >= 11 is 5.69. The summed E-state index contributed by atoms with van der Waals surface area (Å²) in [7, 11) is -3.69. The van der Waals surface area contributed by atoms with Crippen LogP contribution >= 0.6 is 11.6 Å². The Hall–Kier alpha value is -2.26. The van der Waals surface area contributed by atoms with Crippen molar-refractivity contribution in [3.63, 3.8) is 0 Å². The molecule has 1 N–H and O–H groups in total. The van der Waals surface area contributed by atoms with Gasteiger partial charge >= 0.3 is 6.36 Å². The van der Waals surface area contributed by atoms with Crippen molar-refractivity contribution < 1.29 is 31.1 Å². The van der Waals surface area contributed by atoms with Gasteiger partial charge in [-0.05, 0) is 36.4 Å². The number of rotatable bonds is 6. The largest absolute Gasteiger partial charge is 0.573 e. The number of ether oxygens (including phenoxy) is 1. The van der Waals surface area contributed by atoms with Gasteiger partial charge in [0.05, 0.1) is 10.6 Å². The normalized spacial score (nSPS) is 11.8. The van der Waals surface area contributed by atoms with E-state index in [0.29, 0.717) is 5.02 Å². The van der Waals surface area contributed by atoms with Gasteiger partial charge in [0.2, 0.25) is 5.91 Å². The van der Waals surface area contributed by atoms with E-state index in [2.05, 4.69) is 10.1 Å². The van der Waals surface area contributed by atoms with Crippen molar-refractivity contribution in [2.45, 2.75) is 17.7 Å². The third-order valence-electron chi connectivity index (χ3n) is 3.12. The number of anilines is 1. The summed E-state index contributed by atoms with van der Waals surface area (Å²) in [6.45, 7) is 0. The van der Waals surface area contributed by atoms with Crippen LogP contribution in [0.25, 0.3) is 0 Å². The monoisotopic (exact) mass is 407 g/mol. The molecule has 0 fully saturated rings. The van der Waals surface area contributed by atoms with Gasteiger partial charge in [-0.3, -0.25) is 4.79 Å². The maximum absolute atomic E-state index is 12.2. The van der Waals surface area contributed by atoms with Crippen molar-refractivity contribution >= 4 is 33.0 Å². The summed E-state index contributed by atoms with van der Waals surface area (Å²) in [6, 6.07) is 10.2. The van der Waals surface area contributed by atoms with Gasteiger partial charge in [0.25, 0.3) is 0 Å². The Morgan fingerprint density at radius 1 is 1.12 bits per heavy atom. The van der Waals surface area contributed by atoms with Gasteiger partial charge in [0, 0.05) is 23.2 Å². The second-order valence-corrected chi connectivity index (χ2v) is 7.69. The molecular weight excluding hydrogens is 395 g/mol. The molecule has 0 radical (unpaired) electrons. The van der Waals surface area contributed by atoms with Gasteiger partial charge in [-0.1, -0.05) is 17.7 Å². The third-order valence-corrected chi connectivity index (χ3v) is 5.11. The van der Waals surface area contributed by atoms with Gasteiger partial charge in [-0.25, -0.2) is 8.42 Å². The molecule has 0 atom stereocenters. The van der Waals surface area contributed by atoms with Gasteiger partial charge < -0.3 is 10.1 Å². The number of amides is 1. The summed E-state index contributed by atoms with van der Waals surface area (Å²) in [5.74, 6) is -1.62. The summed E-state index contributed by atoms with van der Waals surface area (Å²) in [4.78, 5) is 11.9. The first-order valence-corrected chi connectivity index (χ1v) is 9.22. The van der Waals surface area contributed by atoms with Gasteiger partial charge in [0.1, 0.15) is 5.75 Å². The summed E-state index contributed by atoms with van der Waals surface area (Å²) in [5.41, 5.74) is 0.0561. The van der Waals surface area contributed by atoms with E-state index in [9.17, 15) is 26.4 Å². The Bertz CT molecular complexity index is 883. The fraction of sp³-hybridized carbons (Fsp3) is 0.188. The first kappa shape index (κ1) is 20.1. The smallest absolute Gasteiger partial charge is 0.406 e. The number of carbonyl (C=O) groups is 1. The number of alkyl halides is 3. The SMILES string of the molecule is O=C(CCS(=O)(=O)c1ccc(Cl)cc1)Nc1cccc(OC(F)(F)F)c1. The fourth-order valence-corrected chi connectivity index (χ4v) is 3.35. The lowest BCUT2D eigenvalue weighted by Gasteiger charge is -2.11. The average Bonchev–Trinajstić information content (AvgIpc) is 2.52. The van der Waals surface area contributed by atoms with E-state index in [-0.39, 0.29) is 17.0 Å². The first-order chi connectivity index (χ1) is 12.0. The second-order valence-electron chi connectivity index (χ2n) is 5.15. The summed E-state index contributed by atoms with van der Waals surface area (Å²) < 4.78 is 64.6. The number of hydrogen-bond acceptors (Lipinski definition) is 4. The summed E-state index contributed by atoms with van der Waals surface area (Å²) in [6.07, 6.45) is -5.22. The van der Waals surface area contributed by atoms with Crippen LogP contribution in [0.1, 0.15) is 6.42 Å². The highest BCUT2D eigenvalue weighted by Crippen LogP contribution is 2.25. The van der Waals surface area contributed by atoms with Gasteiger partial charge in [-0.2, -0.15) is 0 Å². The lowest BCUT2D eigenvalue weighted by Crippen LogP contribution is -2.18. The van der Waals surface area contributed by atoms with E-state index in [4.69, 9.17) is 11.6 Å². The van der Waals surface area contributed by atoms with Gasteiger partial charge in [0.15, 0.2) is 9.84 Å². The zero-order valence-electron chi connectivity index (χ0n) is 13.1. The molecule has 0 aliphatic carbocycles. The Balaban J connectivity index is 1.96. The van der Waals surface area contributed by atoms with Crippen LogP contribution in [0.3, 0.4) is 0 Å². The molecule has 0 aromatic heterocycles. The molecule has 0 saturated heterocycles. The van der Waals surface area contributed by atoms with E-state index in [0.717, 1.165) is 12.1 Å². The zero-order valence-corrected chi connectivity index (χ0v) is 14.7. The van der Waals surface area contributed by atoms with Crippen molar-refractivity contribution in [3.8, 4) is 5.75 Å². The number of hydrogen-bond donors (Lipinski definition) is 1. The maximum Gasteiger partial charge on any atom is 0.573 e. The number of halogens is 4. The van der Waals surface area contributed by atoms with Crippen molar-refractivity contribution in [2.24, 2.45) is 0 Å². The molecule has 0 heterocycles. The van der Waals surface area contributed by atoms with Crippen LogP contribution in [0.15, 0.2) is 53.4 Å². The van der Waals surface area contributed by atoms with E-state index < -0.39 is 33.6 Å².